The lowest BCUT2D eigenvalue weighted by Crippen LogP contribution is -2.50. The van der Waals surface area contributed by atoms with Gasteiger partial charge in [0.25, 0.3) is 0 Å². The van der Waals surface area contributed by atoms with Gasteiger partial charge in [-0.2, -0.15) is 0 Å². The summed E-state index contributed by atoms with van der Waals surface area (Å²) in [6.07, 6.45) is 0. The summed E-state index contributed by atoms with van der Waals surface area (Å²) in [5, 5.41) is 2.91. The van der Waals surface area contributed by atoms with Crippen molar-refractivity contribution in [3.05, 3.63) is 35.0 Å². The Bertz CT molecular complexity index is 819. The predicted molar refractivity (Wildman–Crippen MR) is 109 cm³/mol. The number of nitrogens with zero attached hydrogens (tertiary/aromatic N) is 2. The summed E-state index contributed by atoms with van der Waals surface area (Å²) in [5.41, 5.74) is 1.62. The molecule has 30 heavy (non-hydrogen) atoms. The number of carbonyl (C=O) groups excluding carboxylic acids is 2. The summed E-state index contributed by atoms with van der Waals surface area (Å²) in [7, 11) is 4.73. The van der Waals surface area contributed by atoms with Gasteiger partial charge < -0.3 is 24.3 Å². The summed E-state index contributed by atoms with van der Waals surface area (Å²) in [6, 6.07) is 4.34. The Hall–Kier alpha value is -2.78. The maximum atomic E-state index is 13.1. The van der Waals surface area contributed by atoms with E-state index in [2.05, 4.69) is 10.2 Å². The number of nitrogens with one attached hydrogen (secondary N) is 1. The number of para-hydroxylation sites is 1. The van der Waals surface area contributed by atoms with Crippen LogP contribution in [0.2, 0.25) is 0 Å². The molecule has 0 aromatic heterocycles. The van der Waals surface area contributed by atoms with Gasteiger partial charge >= 0.3 is 12.0 Å². The first kappa shape index (κ1) is 21.9. The van der Waals surface area contributed by atoms with Gasteiger partial charge in [0.1, 0.15) is 0 Å². The summed E-state index contributed by atoms with van der Waals surface area (Å²) in [5.74, 6) is 0.506. The number of amides is 2. The van der Waals surface area contributed by atoms with Crippen molar-refractivity contribution in [1.82, 2.24) is 15.1 Å². The normalized spacial score (nSPS) is 20.1. The number of hydrogen-bond donors (Lipinski definition) is 1. The van der Waals surface area contributed by atoms with Gasteiger partial charge in [-0.25, -0.2) is 9.59 Å². The Kier molecular flexibility index (Phi) is 7.17. The smallest absolute Gasteiger partial charge is 0.338 e. The van der Waals surface area contributed by atoms with E-state index < -0.39 is 12.0 Å². The number of rotatable bonds is 7. The fourth-order valence-electron chi connectivity index (χ4n) is 3.74. The third-order valence-electron chi connectivity index (χ3n) is 5.29. The van der Waals surface area contributed by atoms with E-state index in [9.17, 15) is 9.59 Å². The summed E-state index contributed by atoms with van der Waals surface area (Å²) < 4.78 is 21.8. The lowest BCUT2D eigenvalue weighted by Gasteiger charge is -2.37. The molecule has 1 aromatic rings. The standard InChI is InChI=1S/C21H29N3O6/c1-5-30-20(25)17-15(13-24-9-11-29-12-10-24)23(2)21(26)22-18(17)14-7-6-8-16(27-3)19(14)28-4/h6-8,18H,5,9-13H2,1-4H3,(H,22,26)/t18-/m1/s1. The average Bonchev–Trinajstić information content (AvgIpc) is 2.76. The molecule has 0 unspecified atom stereocenters. The molecule has 1 atom stereocenters. The summed E-state index contributed by atoms with van der Waals surface area (Å²) >= 11 is 0. The number of likely N-dealkylation sites (N-methyl/N-ethyl adjacent to an activating group) is 1. The molecule has 0 saturated carbocycles. The largest absolute Gasteiger partial charge is 0.493 e. The van der Waals surface area contributed by atoms with Crippen LogP contribution in [0.25, 0.3) is 0 Å². The average molecular weight is 419 g/mol. The van der Waals surface area contributed by atoms with E-state index in [-0.39, 0.29) is 12.6 Å². The molecule has 164 valence electrons. The molecule has 9 heteroatoms. The zero-order chi connectivity index (χ0) is 21.7. The van der Waals surface area contributed by atoms with Crippen molar-refractivity contribution >= 4 is 12.0 Å². The highest BCUT2D eigenvalue weighted by Crippen LogP contribution is 2.40. The lowest BCUT2D eigenvalue weighted by molar-refractivity contribution is -0.139. The van der Waals surface area contributed by atoms with Gasteiger partial charge in [-0.1, -0.05) is 12.1 Å². The fourth-order valence-corrected chi connectivity index (χ4v) is 3.74. The van der Waals surface area contributed by atoms with E-state index in [0.717, 1.165) is 13.1 Å². The highest BCUT2D eigenvalue weighted by Gasteiger charge is 2.39. The molecule has 1 N–H and O–H groups in total. The van der Waals surface area contributed by atoms with Gasteiger partial charge in [-0.15, -0.1) is 0 Å². The third kappa shape index (κ3) is 4.36. The highest BCUT2D eigenvalue weighted by molar-refractivity contribution is 5.95. The van der Waals surface area contributed by atoms with E-state index in [4.69, 9.17) is 18.9 Å². The first-order chi connectivity index (χ1) is 14.5. The lowest BCUT2D eigenvalue weighted by atomic mass is 9.93. The zero-order valence-corrected chi connectivity index (χ0v) is 17.9. The molecule has 0 spiro atoms. The first-order valence-corrected chi connectivity index (χ1v) is 9.97. The number of benzene rings is 1. The maximum absolute atomic E-state index is 13.1. The first-order valence-electron chi connectivity index (χ1n) is 9.97. The van der Waals surface area contributed by atoms with Crippen LogP contribution in [0.5, 0.6) is 11.5 Å². The van der Waals surface area contributed by atoms with E-state index >= 15 is 0 Å². The topological polar surface area (TPSA) is 89.6 Å². The van der Waals surface area contributed by atoms with Crippen molar-refractivity contribution < 1.29 is 28.5 Å². The van der Waals surface area contributed by atoms with Gasteiger partial charge in [0, 0.05) is 37.9 Å². The predicted octanol–water partition coefficient (Wildman–Crippen LogP) is 1.55. The van der Waals surface area contributed by atoms with Crippen LogP contribution >= 0.6 is 0 Å². The van der Waals surface area contributed by atoms with Gasteiger partial charge in [-0.05, 0) is 13.0 Å². The molecule has 2 heterocycles. The van der Waals surface area contributed by atoms with Crippen molar-refractivity contribution in [1.29, 1.82) is 0 Å². The molecule has 1 aromatic carbocycles. The Morgan fingerprint density at radius 3 is 2.60 bits per heavy atom. The minimum Gasteiger partial charge on any atom is -0.493 e. The fraction of sp³-hybridized carbons (Fsp3) is 0.524. The molecule has 9 nitrogen and oxygen atoms in total. The molecule has 1 fully saturated rings. The van der Waals surface area contributed by atoms with Crippen LogP contribution in [0.3, 0.4) is 0 Å². The molecule has 0 aliphatic carbocycles. The Labute approximate surface area is 176 Å². The molecule has 2 amide bonds. The molecule has 2 aliphatic rings. The number of urea groups is 1. The molecular weight excluding hydrogens is 390 g/mol. The highest BCUT2D eigenvalue weighted by atomic mass is 16.5. The molecule has 0 radical (unpaired) electrons. The van der Waals surface area contributed by atoms with Gasteiger partial charge in [0.05, 0.1) is 45.7 Å². The Morgan fingerprint density at radius 2 is 1.97 bits per heavy atom. The quantitative estimate of drug-likeness (QED) is 0.671. The number of hydrogen-bond acceptors (Lipinski definition) is 7. The Morgan fingerprint density at radius 1 is 1.23 bits per heavy atom. The number of methoxy groups -OCH3 is 2. The van der Waals surface area contributed by atoms with Crippen molar-refractivity contribution in [2.75, 3.05) is 60.7 Å². The van der Waals surface area contributed by atoms with E-state index in [0.29, 0.717) is 48.1 Å². The zero-order valence-electron chi connectivity index (χ0n) is 17.9. The second kappa shape index (κ2) is 9.82. The summed E-state index contributed by atoms with van der Waals surface area (Å²) in [4.78, 5) is 29.5. The van der Waals surface area contributed by atoms with Crippen LogP contribution in [0.1, 0.15) is 18.5 Å². The minimum atomic E-state index is -0.728. The van der Waals surface area contributed by atoms with Crippen molar-refractivity contribution in [3.63, 3.8) is 0 Å². The van der Waals surface area contributed by atoms with Gasteiger partial charge in [0.15, 0.2) is 11.5 Å². The van der Waals surface area contributed by atoms with Crippen LogP contribution in [-0.4, -0.2) is 82.5 Å². The second-order valence-electron chi connectivity index (χ2n) is 6.99. The molecule has 2 aliphatic heterocycles. The van der Waals surface area contributed by atoms with Crippen molar-refractivity contribution in [3.8, 4) is 11.5 Å². The molecular formula is C21H29N3O6. The van der Waals surface area contributed by atoms with E-state index in [1.807, 2.05) is 6.07 Å². The third-order valence-corrected chi connectivity index (χ3v) is 5.29. The van der Waals surface area contributed by atoms with Gasteiger partial charge in [0.2, 0.25) is 0 Å². The van der Waals surface area contributed by atoms with Crippen LogP contribution in [0.4, 0.5) is 4.79 Å². The van der Waals surface area contributed by atoms with Crippen molar-refractivity contribution in [2.24, 2.45) is 0 Å². The van der Waals surface area contributed by atoms with Crippen LogP contribution in [-0.2, 0) is 14.3 Å². The SMILES string of the molecule is CCOC(=O)C1=C(CN2CCOCC2)N(C)C(=O)N[C@@H]1c1cccc(OC)c1OC. The number of esters is 1. The van der Waals surface area contributed by atoms with Gasteiger partial charge in [-0.3, -0.25) is 9.80 Å². The number of morpholine rings is 1. The molecule has 3 rings (SSSR count). The van der Waals surface area contributed by atoms with Crippen LogP contribution < -0.4 is 14.8 Å². The minimum absolute atomic E-state index is 0.229. The summed E-state index contributed by atoms with van der Waals surface area (Å²) in [6.45, 7) is 5.10. The van der Waals surface area contributed by atoms with E-state index in [1.54, 1.807) is 33.2 Å². The number of carbonyl (C=O) groups is 2. The van der Waals surface area contributed by atoms with Crippen LogP contribution in [0, 0.1) is 0 Å². The molecule has 0 bridgehead atoms. The second-order valence-corrected chi connectivity index (χ2v) is 6.99. The number of ether oxygens (including phenoxy) is 4. The maximum Gasteiger partial charge on any atom is 0.338 e. The van der Waals surface area contributed by atoms with E-state index in [1.165, 1.54) is 12.0 Å². The monoisotopic (exact) mass is 419 g/mol. The van der Waals surface area contributed by atoms with Crippen LogP contribution in [0.15, 0.2) is 29.5 Å². The Balaban J connectivity index is 2.12. The molecule has 1 saturated heterocycles. The van der Waals surface area contributed by atoms with Crippen molar-refractivity contribution in [2.45, 2.75) is 13.0 Å².